The Kier molecular flexibility index (Phi) is 4.75. The number of methoxy groups -OCH3 is 1. The summed E-state index contributed by atoms with van der Waals surface area (Å²) in [5.74, 6) is 1.60. The van der Waals surface area contributed by atoms with Gasteiger partial charge in [-0.3, -0.25) is 0 Å². The minimum atomic E-state index is -0.379. The Morgan fingerprint density at radius 3 is 2.88 bits per heavy atom. The number of hydrogen-bond donors (Lipinski definition) is 1. The molecule has 1 aliphatic carbocycles. The van der Waals surface area contributed by atoms with Gasteiger partial charge in [0.2, 0.25) is 0 Å². The van der Waals surface area contributed by atoms with Gasteiger partial charge in [0.15, 0.2) is 0 Å². The normalized spacial score (nSPS) is 18.2. The predicted molar refractivity (Wildman–Crippen MR) is 72.7 cm³/mol. The second-order valence-corrected chi connectivity index (χ2v) is 5.87. The van der Waals surface area contributed by atoms with Gasteiger partial charge in [-0.05, 0) is 30.5 Å². The van der Waals surface area contributed by atoms with Crippen LogP contribution in [-0.2, 0) is 0 Å². The highest BCUT2D eigenvalue weighted by Crippen LogP contribution is 2.32. The SMILES string of the molecule is COc1cccc(C(O)CSC2CCCC2)c1. The Morgan fingerprint density at radius 2 is 2.18 bits per heavy atom. The monoisotopic (exact) mass is 252 g/mol. The van der Waals surface area contributed by atoms with E-state index >= 15 is 0 Å². The summed E-state index contributed by atoms with van der Waals surface area (Å²) in [6, 6.07) is 7.71. The van der Waals surface area contributed by atoms with Gasteiger partial charge >= 0.3 is 0 Å². The summed E-state index contributed by atoms with van der Waals surface area (Å²) in [4.78, 5) is 0. The fourth-order valence-electron chi connectivity index (χ4n) is 2.23. The first-order valence-electron chi connectivity index (χ1n) is 6.23. The van der Waals surface area contributed by atoms with Crippen molar-refractivity contribution >= 4 is 11.8 Å². The van der Waals surface area contributed by atoms with E-state index in [-0.39, 0.29) is 6.10 Å². The lowest BCUT2D eigenvalue weighted by Gasteiger charge is -2.14. The molecule has 94 valence electrons. The van der Waals surface area contributed by atoms with Crippen LogP contribution in [0.25, 0.3) is 0 Å². The smallest absolute Gasteiger partial charge is 0.119 e. The summed E-state index contributed by atoms with van der Waals surface area (Å²) >= 11 is 1.91. The van der Waals surface area contributed by atoms with Crippen LogP contribution in [0.5, 0.6) is 5.75 Å². The van der Waals surface area contributed by atoms with E-state index in [1.54, 1.807) is 7.11 Å². The molecule has 0 radical (unpaired) electrons. The third-order valence-electron chi connectivity index (χ3n) is 3.27. The van der Waals surface area contributed by atoms with Crippen molar-refractivity contribution in [3.05, 3.63) is 29.8 Å². The molecule has 1 unspecified atom stereocenters. The summed E-state index contributed by atoms with van der Waals surface area (Å²) in [7, 11) is 1.65. The Labute approximate surface area is 107 Å². The number of rotatable bonds is 5. The molecule has 1 saturated carbocycles. The van der Waals surface area contributed by atoms with Gasteiger partial charge in [-0.2, -0.15) is 11.8 Å². The molecule has 0 amide bonds. The topological polar surface area (TPSA) is 29.5 Å². The fraction of sp³-hybridized carbons (Fsp3) is 0.571. The summed E-state index contributed by atoms with van der Waals surface area (Å²) < 4.78 is 5.17. The first kappa shape index (κ1) is 12.8. The maximum atomic E-state index is 10.1. The van der Waals surface area contributed by atoms with Crippen molar-refractivity contribution in [1.82, 2.24) is 0 Å². The van der Waals surface area contributed by atoms with E-state index in [4.69, 9.17) is 4.74 Å². The Hall–Kier alpha value is -0.670. The Morgan fingerprint density at radius 1 is 1.41 bits per heavy atom. The number of thioether (sulfide) groups is 1. The molecule has 3 heteroatoms. The highest BCUT2D eigenvalue weighted by molar-refractivity contribution is 7.99. The van der Waals surface area contributed by atoms with E-state index < -0.39 is 0 Å². The van der Waals surface area contributed by atoms with Crippen LogP contribution in [0, 0.1) is 0 Å². The van der Waals surface area contributed by atoms with Gasteiger partial charge in [-0.15, -0.1) is 0 Å². The maximum absolute atomic E-state index is 10.1. The molecule has 2 nitrogen and oxygen atoms in total. The summed E-state index contributed by atoms with van der Waals surface area (Å²) in [5, 5.41) is 10.9. The molecule has 1 atom stereocenters. The van der Waals surface area contributed by atoms with Gasteiger partial charge in [0, 0.05) is 11.0 Å². The van der Waals surface area contributed by atoms with Crippen molar-refractivity contribution in [3.63, 3.8) is 0 Å². The summed E-state index contributed by atoms with van der Waals surface area (Å²) in [6.07, 6.45) is 4.96. The average Bonchev–Trinajstić information content (AvgIpc) is 2.89. The van der Waals surface area contributed by atoms with E-state index in [0.29, 0.717) is 0 Å². The van der Waals surface area contributed by atoms with Gasteiger partial charge in [0.1, 0.15) is 5.75 Å². The molecule has 0 aliphatic heterocycles. The van der Waals surface area contributed by atoms with E-state index in [2.05, 4.69) is 0 Å². The lowest BCUT2D eigenvalue weighted by atomic mass is 10.1. The van der Waals surface area contributed by atoms with Crippen LogP contribution < -0.4 is 4.74 Å². The first-order chi connectivity index (χ1) is 8.29. The molecule has 1 fully saturated rings. The zero-order valence-electron chi connectivity index (χ0n) is 10.3. The minimum Gasteiger partial charge on any atom is -0.497 e. The van der Waals surface area contributed by atoms with Crippen molar-refractivity contribution in [2.45, 2.75) is 37.0 Å². The molecule has 2 rings (SSSR count). The van der Waals surface area contributed by atoms with Crippen LogP contribution in [-0.4, -0.2) is 23.2 Å². The summed E-state index contributed by atoms with van der Waals surface area (Å²) in [6.45, 7) is 0. The van der Waals surface area contributed by atoms with Crippen molar-refractivity contribution in [3.8, 4) is 5.75 Å². The van der Waals surface area contributed by atoms with Gasteiger partial charge in [0.05, 0.1) is 13.2 Å². The highest BCUT2D eigenvalue weighted by atomic mass is 32.2. The standard InChI is InChI=1S/C14H20O2S/c1-16-12-6-4-5-11(9-12)14(15)10-17-13-7-2-3-8-13/h4-6,9,13-15H,2-3,7-8,10H2,1H3. The zero-order valence-corrected chi connectivity index (χ0v) is 11.1. The second-order valence-electron chi connectivity index (χ2n) is 4.53. The van der Waals surface area contributed by atoms with Crippen LogP contribution in [0.4, 0.5) is 0 Å². The predicted octanol–water partition coefficient (Wildman–Crippen LogP) is 3.40. The zero-order chi connectivity index (χ0) is 12.1. The molecule has 1 aromatic rings. The van der Waals surface area contributed by atoms with Gasteiger partial charge in [0.25, 0.3) is 0 Å². The Balaban J connectivity index is 1.87. The fourth-order valence-corrected chi connectivity index (χ4v) is 3.54. The van der Waals surface area contributed by atoms with Gasteiger partial charge in [-0.25, -0.2) is 0 Å². The number of hydrogen-bond acceptors (Lipinski definition) is 3. The van der Waals surface area contributed by atoms with Crippen molar-refractivity contribution in [2.75, 3.05) is 12.9 Å². The van der Waals surface area contributed by atoms with E-state index in [1.807, 2.05) is 36.0 Å². The summed E-state index contributed by atoms with van der Waals surface area (Å²) in [5.41, 5.74) is 0.954. The molecule has 1 aliphatic rings. The lowest BCUT2D eigenvalue weighted by molar-refractivity contribution is 0.203. The van der Waals surface area contributed by atoms with E-state index in [9.17, 15) is 5.11 Å². The molecular formula is C14H20O2S. The van der Waals surface area contributed by atoms with Crippen molar-refractivity contribution in [1.29, 1.82) is 0 Å². The molecule has 1 aromatic carbocycles. The molecule has 0 spiro atoms. The number of benzene rings is 1. The molecule has 17 heavy (non-hydrogen) atoms. The average molecular weight is 252 g/mol. The second kappa shape index (κ2) is 6.31. The van der Waals surface area contributed by atoms with Crippen LogP contribution >= 0.6 is 11.8 Å². The largest absolute Gasteiger partial charge is 0.497 e. The third kappa shape index (κ3) is 3.65. The van der Waals surface area contributed by atoms with Crippen LogP contribution in [0.2, 0.25) is 0 Å². The number of aliphatic hydroxyl groups is 1. The van der Waals surface area contributed by atoms with Crippen LogP contribution in [0.15, 0.2) is 24.3 Å². The van der Waals surface area contributed by atoms with E-state index in [0.717, 1.165) is 22.3 Å². The van der Waals surface area contributed by atoms with E-state index in [1.165, 1.54) is 25.7 Å². The Bertz CT molecular complexity index is 348. The van der Waals surface area contributed by atoms with Crippen LogP contribution in [0.3, 0.4) is 0 Å². The van der Waals surface area contributed by atoms with Crippen LogP contribution in [0.1, 0.15) is 37.4 Å². The highest BCUT2D eigenvalue weighted by Gasteiger charge is 2.17. The maximum Gasteiger partial charge on any atom is 0.119 e. The molecular weight excluding hydrogens is 232 g/mol. The molecule has 0 saturated heterocycles. The van der Waals surface area contributed by atoms with Gasteiger partial charge < -0.3 is 9.84 Å². The molecule has 1 N–H and O–H groups in total. The third-order valence-corrected chi connectivity index (χ3v) is 4.72. The number of aliphatic hydroxyl groups excluding tert-OH is 1. The number of ether oxygens (including phenoxy) is 1. The van der Waals surface area contributed by atoms with Crippen molar-refractivity contribution in [2.24, 2.45) is 0 Å². The van der Waals surface area contributed by atoms with Crippen molar-refractivity contribution < 1.29 is 9.84 Å². The quantitative estimate of drug-likeness (QED) is 0.871. The first-order valence-corrected chi connectivity index (χ1v) is 7.28. The van der Waals surface area contributed by atoms with Gasteiger partial charge in [-0.1, -0.05) is 25.0 Å². The molecule has 0 bridgehead atoms. The lowest BCUT2D eigenvalue weighted by Crippen LogP contribution is -2.05. The molecule has 0 aromatic heterocycles. The minimum absolute atomic E-state index is 0.379. The molecule has 0 heterocycles.